The minimum absolute atomic E-state index is 0.239. The van der Waals surface area contributed by atoms with Crippen molar-refractivity contribution in [2.24, 2.45) is 0 Å². The highest BCUT2D eigenvalue weighted by molar-refractivity contribution is 7.15. The van der Waals surface area contributed by atoms with Crippen LogP contribution in [0.25, 0.3) is 4.96 Å². The van der Waals surface area contributed by atoms with Gasteiger partial charge in [0.05, 0.1) is 23.9 Å². The molecule has 8 nitrogen and oxygen atoms in total. The number of halogens is 1. The standard InChI is InChI=1S/C21H22ClN5O3S/c1-3-30-19(28)16-14(23-20(29)24-17(16)13-7-5-4-6-8-13)11-26(2)12-15-18(22)25-21-27(15)9-10-31-21/h4-10,17H,3,11-12H2,1-2H3,(H2,23,24,29)/t17-/m1/s1. The summed E-state index contributed by atoms with van der Waals surface area (Å²) in [6.45, 7) is 2.79. The Hall–Kier alpha value is -2.88. The van der Waals surface area contributed by atoms with Crippen LogP contribution >= 0.6 is 22.9 Å². The lowest BCUT2D eigenvalue weighted by atomic mass is 9.95. The molecular formula is C21H22ClN5O3S. The predicted octanol–water partition coefficient (Wildman–Crippen LogP) is 3.35. The van der Waals surface area contributed by atoms with Crippen molar-refractivity contribution in [1.82, 2.24) is 24.9 Å². The summed E-state index contributed by atoms with van der Waals surface area (Å²) in [6.07, 6.45) is 1.92. The molecule has 0 saturated carbocycles. The van der Waals surface area contributed by atoms with E-state index < -0.39 is 12.0 Å². The van der Waals surface area contributed by atoms with Crippen LogP contribution in [0, 0.1) is 0 Å². The second-order valence-electron chi connectivity index (χ2n) is 7.13. The van der Waals surface area contributed by atoms with Gasteiger partial charge in [-0.15, -0.1) is 11.3 Å². The number of imidazole rings is 1. The third-order valence-electron chi connectivity index (χ3n) is 4.94. The number of hydrogen-bond donors (Lipinski definition) is 2. The minimum Gasteiger partial charge on any atom is -0.463 e. The lowest BCUT2D eigenvalue weighted by Gasteiger charge is -2.31. The Kier molecular flexibility index (Phi) is 6.26. The summed E-state index contributed by atoms with van der Waals surface area (Å²) in [5.41, 5.74) is 2.54. The van der Waals surface area contributed by atoms with Crippen molar-refractivity contribution in [3.05, 3.63) is 69.6 Å². The maximum atomic E-state index is 12.9. The van der Waals surface area contributed by atoms with Crippen molar-refractivity contribution in [2.75, 3.05) is 20.2 Å². The topological polar surface area (TPSA) is 88.0 Å². The number of aromatic nitrogens is 2. The molecule has 162 valence electrons. The van der Waals surface area contributed by atoms with Gasteiger partial charge in [-0.05, 0) is 19.5 Å². The first-order valence-corrected chi connectivity index (χ1v) is 11.0. The minimum atomic E-state index is -0.598. The number of likely N-dealkylation sites (N-methyl/N-ethyl adjacent to an activating group) is 1. The number of ether oxygens (including phenoxy) is 1. The van der Waals surface area contributed by atoms with Gasteiger partial charge in [0.25, 0.3) is 0 Å². The van der Waals surface area contributed by atoms with Gasteiger partial charge in [0.15, 0.2) is 10.1 Å². The maximum absolute atomic E-state index is 12.9. The molecule has 2 amide bonds. The van der Waals surface area contributed by atoms with Crippen LogP contribution in [0.4, 0.5) is 4.79 Å². The number of rotatable bonds is 7. The van der Waals surface area contributed by atoms with Crippen molar-refractivity contribution < 1.29 is 14.3 Å². The number of hydrogen-bond acceptors (Lipinski definition) is 6. The van der Waals surface area contributed by atoms with E-state index in [1.165, 1.54) is 11.3 Å². The molecule has 3 aromatic rings. The van der Waals surface area contributed by atoms with E-state index in [-0.39, 0.29) is 12.6 Å². The smallest absolute Gasteiger partial charge is 0.338 e. The van der Waals surface area contributed by atoms with E-state index in [4.69, 9.17) is 16.3 Å². The molecule has 4 rings (SSSR count). The zero-order valence-corrected chi connectivity index (χ0v) is 18.7. The second-order valence-corrected chi connectivity index (χ2v) is 8.36. The maximum Gasteiger partial charge on any atom is 0.338 e. The molecule has 0 spiro atoms. The van der Waals surface area contributed by atoms with Crippen LogP contribution in [0.3, 0.4) is 0 Å². The van der Waals surface area contributed by atoms with Gasteiger partial charge in [-0.3, -0.25) is 9.30 Å². The molecule has 2 aromatic heterocycles. The average molecular weight is 460 g/mol. The predicted molar refractivity (Wildman–Crippen MR) is 119 cm³/mol. The molecule has 1 aliphatic rings. The van der Waals surface area contributed by atoms with Gasteiger partial charge in [0.2, 0.25) is 0 Å². The molecule has 0 radical (unpaired) electrons. The van der Waals surface area contributed by atoms with Gasteiger partial charge in [-0.1, -0.05) is 41.9 Å². The molecule has 0 fully saturated rings. The number of esters is 1. The van der Waals surface area contributed by atoms with Crippen LogP contribution < -0.4 is 10.6 Å². The number of nitrogens with one attached hydrogen (secondary N) is 2. The molecule has 0 bridgehead atoms. The number of carbonyl (C=O) groups excluding carboxylic acids is 2. The van der Waals surface area contributed by atoms with E-state index in [1.807, 2.05) is 58.3 Å². The van der Waals surface area contributed by atoms with E-state index in [1.54, 1.807) is 6.92 Å². The Labute approximate surface area is 188 Å². The highest BCUT2D eigenvalue weighted by Gasteiger charge is 2.34. The van der Waals surface area contributed by atoms with Gasteiger partial charge in [0.1, 0.15) is 0 Å². The fourth-order valence-corrected chi connectivity index (χ4v) is 4.63. The van der Waals surface area contributed by atoms with Crippen molar-refractivity contribution in [3.63, 3.8) is 0 Å². The molecule has 0 saturated heterocycles. The highest BCUT2D eigenvalue weighted by Crippen LogP contribution is 2.28. The van der Waals surface area contributed by atoms with Crippen LogP contribution in [0.5, 0.6) is 0 Å². The molecule has 2 N–H and O–H groups in total. The van der Waals surface area contributed by atoms with Crippen LogP contribution in [0.2, 0.25) is 5.15 Å². The van der Waals surface area contributed by atoms with Crippen LogP contribution in [-0.4, -0.2) is 46.5 Å². The first-order chi connectivity index (χ1) is 15.0. The average Bonchev–Trinajstić information content (AvgIpc) is 3.30. The fourth-order valence-electron chi connectivity index (χ4n) is 3.62. The summed E-state index contributed by atoms with van der Waals surface area (Å²) < 4.78 is 7.25. The second kappa shape index (κ2) is 9.09. The summed E-state index contributed by atoms with van der Waals surface area (Å²) in [5.74, 6) is -0.463. The summed E-state index contributed by atoms with van der Waals surface area (Å²) in [6, 6.07) is 8.40. The zero-order chi connectivity index (χ0) is 22.0. The number of thiazole rings is 1. The van der Waals surface area contributed by atoms with Crippen LogP contribution in [-0.2, 0) is 16.1 Å². The van der Waals surface area contributed by atoms with E-state index >= 15 is 0 Å². The number of carbonyl (C=O) groups is 2. The molecule has 1 atom stereocenters. The van der Waals surface area contributed by atoms with Gasteiger partial charge < -0.3 is 15.4 Å². The lowest BCUT2D eigenvalue weighted by molar-refractivity contribution is -0.139. The largest absolute Gasteiger partial charge is 0.463 e. The monoisotopic (exact) mass is 459 g/mol. The lowest BCUT2D eigenvalue weighted by Crippen LogP contribution is -2.48. The van der Waals surface area contributed by atoms with Crippen molar-refractivity contribution in [2.45, 2.75) is 19.5 Å². The summed E-state index contributed by atoms with van der Waals surface area (Å²) in [7, 11) is 1.89. The van der Waals surface area contributed by atoms with E-state index in [0.717, 1.165) is 16.2 Å². The normalized spacial score (nSPS) is 16.5. The highest BCUT2D eigenvalue weighted by atomic mass is 35.5. The molecule has 0 aliphatic carbocycles. The van der Waals surface area contributed by atoms with Gasteiger partial charge in [-0.25, -0.2) is 14.6 Å². The fraction of sp³-hybridized carbons (Fsp3) is 0.286. The number of nitrogens with zero attached hydrogens (tertiary/aromatic N) is 3. The summed E-state index contributed by atoms with van der Waals surface area (Å²) >= 11 is 7.83. The van der Waals surface area contributed by atoms with Crippen LogP contribution in [0.15, 0.2) is 53.2 Å². The molecular weight excluding hydrogens is 438 g/mol. The first kappa shape index (κ1) is 21.4. The zero-order valence-electron chi connectivity index (χ0n) is 17.1. The summed E-state index contributed by atoms with van der Waals surface area (Å²) in [4.78, 5) is 32.4. The number of benzene rings is 1. The van der Waals surface area contributed by atoms with E-state index in [2.05, 4.69) is 15.6 Å². The third-order valence-corrected chi connectivity index (χ3v) is 6.00. The van der Waals surface area contributed by atoms with Crippen LogP contribution in [0.1, 0.15) is 24.2 Å². The Bertz CT molecular complexity index is 1140. The number of fused-ring (bicyclic) bond motifs is 1. The van der Waals surface area contributed by atoms with E-state index in [0.29, 0.717) is 29.5 Å². The van der Waals surface area contributed by atoms with E-state index in [9.17, 15) is 9.59 Å². The van der Waals surface area contributed by atoms with Gasteiger partial charge in [-0.2, -0.15) is 0 Å². The molecule has 31 heavy (non-hydrogen) atoms. The van der Waals surface area contributed by atoms with Crippen molar-refractivity contribution in [3.8, 4) is 0 Å². The summed E-state index contributed by atoms with van der Waals surface area (Å²) in [5, 5.41) is 8.02. The molecule has 3 heterocycles. The van der Waals surface area contributed by atoms with Gasteiger partial charge >= 0.3 is 12.0 Å². The molecule has 0 unspecified atom stereocenters. The molecule has 1 aliphatic heterocycles. The van der Waals surface area contributed by atoms with Crippen molar-refractivity contribution >= 4 is 39.9 Å². The molecule has 1 aromatic carbocycles. The SMILES string of the molecule is CCOC(=O)C1=C(CN(C)Cc2c(Cl)nc3sccn23)NC(=O)N[C@@H]1c1ccccc1. The third kappa shape index (κ3) is 4.43. The Morgan fingerprint density at radius 1 is 1.32 bits per heavy atom. The Morgan fingerprint density at radius 3 is 2.84 bits per heavy atom. The quantitative estimate of drug-likeness (QED) is 0.529. The Morgan fingerprint density at radius 2 is 2.10 bits per heavy atom. The van der Waals surface area contributed by atoms with Gasteiger partial charge in [0, 0.05) is 30.4 Å². The molecule has 10 heteroatoms. The number of amides is 2. The first-order valence-electron chi connectivity index (χ1n) is 9.79. The number of urea groups is 1. The Balaban J connectivity index is 1.66. The van der Waals surface area contributed by atoms with Crippen molar-refractivity contribution in [1.29, 1.82) is 0 Å².